The standard InChI is InChI=1S/C11H8F2N4O/c12-11(13)17-5-6(4-14-17)10-8-3-7(18)1-2-9(8)15-16-10/h1-5,11,18H,(H,15,16). The Hall–Kier alpha value is -2.44. The first-order valence-corrected chi connectivity index (χ1v) is 5.15. The Morgan fingerprint density at radius 3 is 2.89 bits per heavy atom. The van der Waals surface area contributed by atoms with E-state index in [1.165, 1.54) is 24.5 Å². The van der Waals surface area contributed by atoms with Gasteiger partial charge in [0, 0.05) is 17.1 Å². The van der Waals surface area contributed by atoms with Gasteiger partial charge in [0.15, 0.2) is 0 Å². The lowest BCUT2D eigenvalue weighted by Gasteiger charge is -1.96. The lowest BCUT2D eigenvalue weighted by atomic mass is 10.1. The first kappa shape index (κ1) is 10.7. The zero-order chi connectivity index (χ0) is 12.7. The van der Waals surface area contributed by atoms with Crippen LogP contribution in [0.25, 0.3) is 22.2 Å². The summed E-state index contributed by atoms with van der Waals surface area (Å²) in [6.45, 7) is -2.68. The Labute approximate surface area is 99.7 Å². The van der Waals surface area contributed by atoms with Gasteiger partial charge in [-0.15, -0.1) is 0 Å². The van der Waals surface area contributed by atoms with Crippen molar-refractivity contribution in [2.75, 3.05) is 0 Å². The molecule has 0 aliphatic rings. The molecule has 18 heavy (non-hydrogen) atoms. The monoisotopic (exact) mass is 250 g/mol. The number of rotatable bonds is 2. The van der Waals surface area contributed by atoms with E-state index in [0.717, 1.165) is 0 Å². The normalized spacial score (nSPS) is 11.5. The third kappa shape index (κ3) is 1.60. The average molecular weight is 250 g/mol. The van der Waals surface area contributed by atoms with E-state index in [9.17, 15) is 13.9 Å². The largest absolute Gasteiger partial charge is 0.508 e. The van der Waals surface area contributed by atoms with Crippen molar-refractivity contribution in [3.05, 3.63) is 30.6 Å². The van der Waals surface area contributed by atoms with Gasteiger partial charge in [-0.25, -0.2) is 4.68 Å². The van der Waals surface area contributed by atoms with E-state index in [2.05, 4.69) is 15.3 Å². The quantitative estimate of drug-likeness (QED) is 0.734. The Kier molecular flexibility index (Phi) is 2.26. The molecule has 2 aromatic heterocycles. The number of alkyl halides is 2. The summed E-state index contributed by atoms with van der Waals surface area (Å²) in [5.41, 5.74) is 1.66. The first-order valence-electron chi connectivity index (χ1n) is 5.15. The maximum Gasteiger partial charge on any atom is 0.333 e. The van der Waals surface area contributed by atoms with Crippen LogP contribution in [0.3, 0.4) is 0 Å². The van der Waals surface area contributed by atoms with Gasteiger partial charge < -0.3 is 5.11 Å². The van der Waals surface area contributed by atoms with Gasteiger partial charge >= 0.3 is 6.55 Å². The van der Waals surface area contributed by atoms with Crippen LogP contribution >= 0.6 is 0 Å². The van der Waals surface area contributed by atoms with E-state index in [4.69, 9.17) is 0 Å². The molecule has 0 amide bonds. The highest BCUT2D eigenvalue weighted by atomic mass is 19.3. The third-order valence-corrected chi connectivity index (χ3v) is 2.62. The first-order chi connectivity index (χ1) is 8.65. The Balaban J connectivity index is 2.15. The molecule has 0 unspecified atom stereocenters. The third-order valence-electron chi connectivity index (χ3n) is 2.62. The number of nitrogens with one attached hydrogen (secondary N) is 1. The number of hydrogen-bond acceptors (Lipinski definition) is 3. The van der Waals surface area contributed by atoms with Gasteiger partial charge in [-0.05, 0) is 18.2 Å². The minimum atomic E-state index is -2.68. The molecule has 3 rings (SSSR count). The summed E-state index contributed by atoms with van der Waals surface area (Å²) in [6, 6.07) is 4.71. The molecule has 3 aromatic rings. The van der Waals surface area contributed by atoms with Gasteiger partial charge in [0.25, 0.3) is 0 Å². The van der Waals surface area contributed by atoms with E-state index >= 15 is 0 Å². The van der Waals surface area contributed by atoms with Crippen LogP contribution in [-0.4, -0.2) is 25.1 Å². The van der Waals surface area contributed by atoms with Gasteiger partial charge in [-0.3, -0.25) is 5.10 Å². The number of aromatic amines is 1. The van der Waals surface area contributed by atoms with E-state index in [1.807, 2.05) is 0 Å². The second-order valence-electron chi connectivity index (χ2n) is 3.79. The highest BCUT2D eigenvalue weighted by molar-refractivity contribution is 5.93. The van der Waals surface area contributed by atoms with E-state index in [1.54, 1.807) is 6.07 Å². The maximum atomic E-state index is 12.4. The van der Waals surface area contributed by atoms with Crippen molar-refractivity contribution in [1.29, 1.82) is 0 Å². The van der Waals surface area contributed by atoms with E-state index in [0.29, 0.717) is 26.8 Å². The molecule has 0 saturated carbocycles. The Morgan fingerprint density at radius 1 is 1.33 bits per heavy atom. The molecule has 0 spiro atoms. The lowest BCUT2D eigenvalue weighted by Crippen LogP contribution is -1.96. The Morgan fingerprint density at radius 2 is 2.17 bits per heavy atom. The smallest absolute Gasteiger partial charge is 0.333 e. The summed E-state index contributed by atoms with van der Waals surface area (Å²) < 4.78 is 25.4. The number of fused-ring (bicyclic) bond motifs is 1. The summed E-state index contributed by atoms with van der Waals surface area (Å²) in [7, 11) is 0. The van der Waals surface area contributed by atoms with Crippen LogP contribution in [0.5, 0.6) is 5.75 Å². The predicted octanol–water partition coefficient (Wildman–Crippen LogP) is 2.53. The molecule has 0 atom stereocenters. The van der Waals surface area contributed by atoms with E-state index in [-0.39, 0.29) is 5.75 Å². The van der Waals surface area contributed by atoms with Crippen LogP contribution in [0.4, 0.5) is 8.78 Å². The number of hydrogen-bond donors (Lipinski definition) is 2. The molecule has 7 heteroatoms. The minimum absolute atomic E-state index is 0.0893. The fourth-order valence-corrected chi connectivity index (χ4v) is 1.79. The molecule has 0 saturated heterocycles. The molecule has 0 bridgehead atoms. The molecule has 2 N–H and O–H groups in total. The highest BCUT2D eigenvalue weighted by Crippen LogP contribution is 2.29. The van der Waals surface area contributed by atoms with Crippen molar-refractivity contribution in [2.45, 2.75) is 6.55 Å². The van der Waals surface area contributed by atoms with Crippen molar-refractivity contribution in [3.63, 3.8) is 0 Å². The van der Waals surface area contributed by atoms with Gasteiger partial charge in [0.1, 0.15) is 11.4 Å². The number of phenols is 1. The van der Waals surface area contributed by atoms with Crippen LogP contribution < -0.4 is 0 Å². The number of aromatic nitrogens is 4. The summed E-state index contributed by atoms with van der Waals surface area (Å²) >= 11 is 0. The SMILES string of the molecule is Oc1ccc2[nH]nc(-c3cnn(C(F)F)c3)c2c1. The number of H-pyrrole nitrogens is 1. The van der Waals surface area contributed by atoms with Gasteiger partial charge in [0.2, 0.25) is 0 Å². The fourth-order valence-electron chi connectivity index (χ4n) is 1.79. The molecular weight excluding hydrogens is 242 g/mol. The summed E-state index contributed by atoms with van der Waals surface area (Å²) in [6.07, 6.45) is 2.52. The highest BCUT2D eigenvalue weighted by Gasteiger charge is 2.13. The molecule has 92 valence electrons. The van der Waals surface area contributed by atoms with Crippen molar-refractivity contribution < 1.29 is 13.9 Å². The summed E-state index contributed by atoms with van der Waals surface area (Å²) in [5.74, 6) is 0.0893. The lowest BCUT2D eigenvalue weighted by molar-refractivity contribution is 0.0566. The molecule has 0 aliphatic heterocycles. The molecule has 0 radical (unpaired) electrons. The zero-order valence-corrected chi connectivity index (χ0v) is 9.01. The molecular formula is C11H8F2N4O. The predicted molar refractivity (Wildman–Crippen MR) is 60.2 cm³/mol. The zero-order valence-electron chi connectivity index (χ0n) is 9.01. The number of aromatic hydroxyl groups is 1. The Bertz CT molecular complexity index is 704. The maximum absolute atomic E-state index is 12.4. The summed E-state index contributed by atoms with van der Waals surface area (Å²) in [5, 5.41) is 20.5. The second kappa shape index (κ2) is 3.80. The van der Waals surface area contributed by atoms with Crippen LogP contribution in [0.1, 0.15) is 6.55 Å². The molecule has 2 heterocycles. The topological polar surface area (TPSA) is 66.7 Å². The molecule has 1 aromatic carbocycles. The number of benzene rings is 1. The van der Waals surface area contributed by atoms with Crippen LogP contribution in [-0.2, 0) is 0 Å². The van der Waals surface area contributed by atoms with Crippen molar-refractivity contribution >= 4 is 10.9 Å². The van der Waals surface area contributed by atoms with E-state index < -0.39 is 6.55 Å². The van der Waals surface area contributed by atoms with Crippen molar-refractivity contribution in [3.8, 4) is 17.0 Å². The van der Waals surface area contributed by atoms with Gasteiger partial charge in [-0.2, -0.15) is 19.0 Å². The van der Waals surface area contributed by atoms with Gasteiger partial charge in [0.05, 0.1) is 11.7 Å². The van der Waals surface area contributed by atoms with Crippen LogP contribution in [0.2, 0.25) is 0 Å². The number of halogens is 2. The molecule has 5 nitrogen and oxygen atoms in total. The molecule has 0 fully saturated rings. The average Bonchev–Trinajstić information content (AvgIpc) is 2.93. The number of nitrogens with zero attached hydrogens (tertiary/aromatic N) is 3. The summed E-state index contributed by atoms with van der Waals surface area (Å²) in [4.78, 5) is 0. The minimum Gasteiger partial charge on any atom is -0.508 e. The van der Waals surface area contributed by atoms with Crippen LogP contribution in [0, 0.1) is 0 Å². The van der Waals surface area contributed by atoms with Crippen LogP contribution in [0.15, 0.2) is 30.6 Å². The van der Waals surface area contributed by atoms with Crippen molar-refractivity contribution in [2.24, 2.45) is 0 Å². The molecule has 0 aliphatic carbocycles. The van der Waals surface area contributed by atoms with Gasteiger partial charge in [-0.1, -0.05) is 0 Å². The fraction of sp³-hybridized carbons (Fsp3) is 0.0909. The number of phenolic OH excluding ortho intramolecular Hbond substituents is 1. The van der Waals surface area contributed by atoms with Crippen molar-refractivity contribution in [1.82, 2.24) is 20.0 Å². The second-order valence-corrected chi connectivity index (χ2v) is 3.79.